The standard InChI is InChI=1S/C9H11FO3S/c1-7(11)6-14(12,13)9-4-2-8(10)3-5-9/h2-5,7,11H,6H2,1H3. The first kappa shape index (κ1) is 11.1. The van der Waals surface area contributed by atoms with Crippen LogP contribution < -0.4 is 0 Å². The number of benzene rings is 1. The van der Waals surface area contributed by atoms with Gasteiger partial charge in [-0.3, -0.25) is 0 Å². The van der Waals surface area contributed by atoms with Crippen LogP contribution in [0.1, 0.15) is 6.92 Å². The summed E-state index contributed by atoms with van der Waals surface area (Å²) in [5, 5.41) is 8.95. The zero-order valence-corrected chi connectivity index (χ0v) is 8.46. The third-order valence-electron chi connectivity index (χ3n) is 1.63. The van der Waals surface area contributed by atoms with Gasteiger partial charge < -0.3 is 5.11 Å². The molecule has 0 aliphatic heterocycles. The molecule has 1 atom stereocenters. The first-order valence-corrected chi connectivity index (χ1v) is 5.73. The maximum atomic E-state index is 12.5. The van der Waals surface area contributed by atoms with Gasteiger partial charge in [-0.05, 0) is 31.2 Å². The van der Waals surface area contributed by atoms with Crippen molar-refractivity contribution in [1.29, 1.82) is 0 Å². The molecule has 0 spiro atoms. The van der Waals surface area contributed by atoms with Crippen LogP contribution in [-0.4, -0.2) is 25.4 Å². The van der Waals surface area contributed by atoms with Gasteiger partial charge in [0.1, 0.15) is 5.82 Å². The largest absolute Gasteiger partial charge is 0.392 e. The Morgan fingerprint density at radius 1 is 1.36 bits per heavy atom. The molecule has 78 valence electrons. The summed E-state index contributed by atoms with van der Waals surface area (Å²) in [4.78, 5) is 0.0276. The number of sulfone groups is 1. The van der Waals surface area contributed by atoms with Crippen molar-refractivity contribution in [2.45, 2.75) is 17.9 Å². The van der Waals surface area contributed by atoms with E-state index >= 15 is 0 Å². The van der Waals surface area contributed by atoms with Gasteiger partial charge in [0, 0.05) is 0 Å². The first-order valence-electron chi connectivity index (χ1n) is 4.08. The van der Waals surface area contributed by atoms with Crippen molar-refractivity contribution in [3.63, 3.8) is 0 Å². The highest BCUT2D eigenvalue weighted by Gasteiger charge is 2.16. The van der Waals surface area contributed by atoms with E-state index in [4.69, 9.17) is 5.11 Å². The average Bonchev–Trinajstić information content (AvgIpc) is 2.02. The molecule has 1 aromatic rings. The van der Waals surface area contributed by atoms with Gasteiger partial charge in [-0.2, -0.15) is 0 Å². The number of aliphatic hydroxyl groups excluding tert-OH is 1. The summed E-state index contributed by atoms with van der Waals surface area (Å²) in [6.45, 7) is 1.39. The van der Waals surface area contributed by atoms with E-state index in [1.807, 2.05) is 0 Å². The Bertz CT molecular complexity index is 395. The summed E-state index contributed by atoms with van der Waals surface area (Å²) in [6, 6.07) is 4.53. The predicted octanol–water partition coefficient (Wildman–Crippen LogP) is 0.980. The number of rotatable bonds is 3. The smallest absolute Gasteiger partial charge is 0.180 e. The van der Waals surface area contributed by atoms with Gasteiger partial charge in [-0.1, -0.05) is 0 Å². The highest BCUT2D eigenvalue weighted by atomic mass is 32.2. The van der Waals surface area contributed by atoms with Gasteiger partial charge in [-0.25, -0.2) is 12.8 Å². The van der Waals surface area contributed by atoms with E-state index in [0.29, 0.717) is 0 Å². The lowest BCUT2D eigenvalue weighted by molar-refractivity contribution is 0.218. The van der Waals surface area contributed by atoms with Crippen LogP contribution in [0.5, 0.6) is 0 Å². The Morgan fingerprint density at radius 3 is 2.29 bits per heavy atom. The van der Waals surface area contributed by atoms with Crippen LogP contribution in [0.4, 0.5) is 4.39 Å². The summed E-state index contributed by atoms with van der Waals surface area (Å²) in [7, 11) is -3.49. The van der Waals surface area contributed by atoms with Crippen LogP contribution in [0.3, 0.4) is 0 Å². The lowest BCUT2D eigenvalue weighted by Gasteiger charge is -2.05. The Balaban J connectivity index is 2.99. The van der Waals surface area contributed by atoms with Gasteiger partial charge in [0.05, 0.1) is 16.8 Å². The third kappa shape index (κ3) is 2.78. The number of halogens is 1. The Kier molecular flexibility index (Phi) is 3.23. The fourth-order valence-corrected chi connectivity index (χ4v) is 2.43. The molecule has 14 heavy (non-hydrogen) atoms. The molecule has 0 saturated heterocycles. The molecule has 0 saturated carbocycles. The zero-order chi connectivity index (χ0) is 10.8. The van der Waals surface area contributed by atoms with Crippen molar-refractivity contribution in [2.24, 2.45) is 0 Å². The van der Waals surface area contributed by atoms with Crippen molar-refractivity contribution < 1.29 is 17.9 Å². The van der Waals surface area contributed by atoms with E-state index < -0.39 is 21.8 Å². The third-order valence-corrected chi connectivity index (χ3v) is 3.55. The quantitative estimate of drug-likeness (QED) is 0.769. The Labute approximate surface area is 82.1 Å². The molecule has 1 N–H and O–H groups in total. The number of hydrogen-bond acceptors (Lipinski definition) is 3. The summed E-state index contributed by atoms with van der Waals surface area (Å²) in [5.74, 6) is -0.834. The van der Waals surface area contributed by atoms with Crippen LogP contribution in [-0.2, 0) is 9.84 Å². The zero-order valence-electron chi connectivity index (χ0n) is 7.64. The molecule has 3 nitrogen and oxygen atoms in total. The van der Waals surface area contributed by atoms with Gasteiger partial charge >= 0.3 is 0 Å². The van der Waals surface area contributed by atoms with Crippen molar-refractivity contribution in [1.82, 2.24) is 0 Å². The molecule has 0 radical (unpaired) electrons. The van der Waals surface area contributed by atoms with Gasteiger partial charge in [0.2, 0.25) is 0 Å². The van der Waals surface area contributed by atoms with Crippen LogP contribution >= 0.6 is 0 Å². The van der Waals surface area contributed by atoms with Gasteiger partial charge in [0.25, 0.3) is 0 Å². The molecular weight excluding hydrogens is 207 g/mol. The lowest BCUT2D eigenvalue weighted by atomic mass is 10.4. The fraction of sp³-hybridized carbons (Fsp3) is 0.333. The van der Waals surface area contributed by atoms with Crippen LogP contribution in [0, 0.1) is 5.82 Å². The van der Waals surface area contributed by atoms with Crippen molar-refractivity contribution in [2.75, 3.05) is 5.75 Å². The Morgan fingerprint density at radius 2 is 1.86 bits per heavy atom. The molecule has 0 bridgehead atoms. The van der Waals surface area contributed by atoms with Gasteiger partial charge in [-0.15, -0.1) is 0 Å². The topological polar surface area (TPSA) is 54.4 Å². The van der Waals surface area contributed by atoms with E-state index in [0.717, 1.165) is 12.1 Å². The minimum atomic E-state index is -3.49. The van der Waals surface area contributed by atoms with Crippen LogP contribution in [0.15, 0.2) is 29.2 Å². The fourth-order valence-electron chi connectivity index (χ4n) is 1.06. The number of hydrogen-bond donors (Lipinski definition) is 1. The summed E-state index contributed by atoms with van der Waals surface area (Å²) in [6.07, 6.45) is -0.926. The molecule has 0 aliphatic carbocycles. The van der Waals surface area contributed by atoms with E-state index in [-0.39, 0.29) is 10.6 Å². The van der Waals surface area contributed by atoms with E-state index in [2.05, 4.69) is 0 Å². The first-order chi connectivity index (χ1) is 6.42. The van der Waals surface area contributed by atoms with Crippen molar-refractivity contribution in [3.05, 3.63) is 30.1 Å². The summed E-state index contributed by atoms with van der Waals surface area (Å²) < 4.78 is 35.4. The average molecular weight is 218 g/mol. The molecule has 0 fully saturated rings. The number of aliphatic hydroxyl groups is 1. The lowest BCUT2D eigenvalue weighted by Crippen LogP contribution is -2.17. The van der Waals surface area contributed by atoms with Crippen molar-refractivity contribution in [3.8, 4) is 0 Å². The predicted molar refractivity (Wildman–Crippen MR) is 50.1 cm³/mol. The summed E-state index contributed by atoms with van der Waals surface area (Å²) >= 11 is 0. The second-order valence-corrected chi connectivity index (χ2v) is 5.12. The molecule has 0 amide bonds. The monoisotopic (exact) mass is 218 g/mol. The molecule has 5 heteroatoms. The second kappa shape index (κ2) is 4.06. The Hall–Kier alpha value is -0.940. The molecule has 1 unspecified atom stereocenters. The van der Waals surface area contributed by atoms with E-state index in [1.165, 1.54) is 19.1 Å². The highest BCUT2D eigenvalue weighted by Crippen LogP contribution is 2.12. The second-order valence-electron chi connectivity index (χ2n) is 3.08. The van der Waals surface area contributed by atoms with Crippen LogP contribution in [0.25, 0.3) is 0 Å². The van der Waals surface area contributed by atoms with E-state index in [1.54, 1.807) is 0 Å². The molecule has 0 aromatic heterocycles. The van der Waals surface area contributed by atoms with E-state index in [9.17, 15) is 12.8 Å². The van der Waals surface area contributed by atoms with Crippen molar-refractivity contribution >= 4 is 9.84 Å². The minimum Gasteiger partial charge on any atom is -0.392 e. The maximum absolute atomic E-state index is 12.5. The molecule has 0 aliphatic rings. The SMILES string of the molecule is CC(O)CS(=O)(=O)c1ccc(F)cc1. The minimum absolute atomic E-state index is 0.0276. The molecule has 1 rings (SSSR count). The highest BCUT2D eigenvalue weighted by molar-refractivity contribution is 7.91. The van der Waals surface area contributed by atoms with Crippen LogP contribution in [0.2, 0.25) is 0 Å². The molecule has 1 aromatic carbocycles. The summed E-state index contributed by atoms with van der Waals surface area (Å²) in [5.41, 5.74) is 0. The maximum Gasteiger partial charge on any atom is 0.180 e. The molecular formula is C9H11FO3S. The molecule has 0 heterocycles. The normalized spacial score (nSPS) is 13.9. The van der Waals surface area contributed by atoms with Gasteiger partial charge in [0.15, 0.2) is 9.84 Å².